The smallest absolute Gasteiger partial charge is 0.251 e. The summed E-state index contributed by atoms with van der Waals surface area (Å²) in [5, 5.41) is 10.8. The van der Waals surface area contributed by atoms with E-state index in [1.54, 1.807) is 29.2 Å². The van der Waals surface area contributed by atoms with Crippen molar-refractivity contribution in [2.75, 3.05) is 6.54 Å². The van der Waals surface area contributed by atoms with Crippen LogP contribution >= 0.6 is 11.6 Å². The van der Waals surface area contributed by atoms with Crippen LogP contribution in [0.5, 0.6) is 0 Å². The van der Waals surface area contributed by atoms with Crippen molar-refractivity contribution in [1.82, 2.24) is 25.3 Å². The first-order chi connectivity index (χ1) is 10.2. The lowest BCUT2D eigenvalue weighted by atomic mass is 10.1. The van der Waals surface area contributed by atoms with Crippen molar-refractivity contribution in [2.24, 2.45) is 0 Å². The van der Waals surface area contributed by atoms with Gasteiger partial charge in [0.2, 0.25) is 0 Å². The van der Waals surface area contributed by atoms with E-state index in [4.69, 9.17) is 11.6 Å². The van der Waals surface area contributed by atoms with E-state index in [0.29, 0.717) is 17.3 Å². The fourth-order valence-corrected chi connectivity index (χ4v) is 2.19. The standard InChI is InChI=1S/C14H18ClN5O/c1-2-4-12-9-11(10-13(15)18-12)14(21)16-5-3-7-20-8-6-17-19-20/h6,8-10H,2-5,7H2,1H3,(H,16,21). The van der Waals surface area contributed by atoms with Gasteiger partial charge in [-0.15, -0.1) is 5.10 Å². The van der Waals surface area contributed by atoms with Gasteiger partial charge in [-0.1, -0.05) is 30.2 Å². The van der Waals surface area contributed by atoms with Crippen LogP contribution in [0.1, 0.15) is 35.8 Å². The van der Waals surface area contributed by atoms with Crippen molar-refractivity contribution in [3.05, 3.63) is 40.9 Å². The maximum absolute atomic E-state index is 12.1. The Bertz CT molecular complexity index is 585. The van der Waals surface area contributed by atoms with Crippen LogP contribution in [0.4, 0.5) is 0 Å². The summed E-state index contributed by atoms with van der Waals surface area (Å²) >= 11 is 5.95. The molecule has 0 aliphatic rings. The number of aromatic nitrogens is 4. The average Bonchev–Trinajstić information content (AvgIpc) is 2.96. The second-order valence-corrected chi connectivity index (χ2v) is 5.08. The van der Waals surface area contributed by atoms with Crippen molar-refractivity contribution < 1.29 is 4.79 Å². The topological polar surface area (TPSA) is 72.7 Å². The number of hydrogen-bond acceptors (Lipinski definition) is 4. The number of nitrogens with zero attached hydrogens (tertiary/aromatic N) is 4. The number of amides is 1. The summed E-state index contributed by atoms with van der Waals surface area (Å²) in [5.74, 6) is -0.129. The molecule has 6 nitrogen and oxygen atoms in total. The molecule has 7 heteroatoms. The molecule has 1 amide bonds. The summed E-state index contributed by atoms with van der Waals surface area (Å²) in [7, 11) is 0. The van der Waals surface area contributed by atoms with E-state index in [9.17, 15) is 4.79 Å². The van der Waals surface area contributed by atoms with Crippen LogP contribution < -0.4 is 5.32 Å². The van der Waals surface area contributed by atoms with Gasteiger partial charge in [0.25, 0.3) is 5.91 Å². The molecule has 0 unspecified atom stereocenters. The number of nitrogens with one attached hydrogen (secondary N) is 1. The highest BCUT2D eigenvalue weighted by Crippen LogP contribution is 2.12. The minimum absolute atomic E-state index is 0.129. The summed E-state index contributed by atoms with van der Waals surface area (Å²) in [6.45, 7) is 3.35. The van der Waals surface area contributed by atoms with E-state index in [2.05, 4.69) is 27.5 Å². The Labute approximate surface area is 128 Å². The number of halogens is 1. The fraction of sp³-hybridized carbons (Fsp3) is 0.429. The van der Waals surface area contributed by atoms with Gasteiger partial charge in [0.05, 0.1) is 6.20 Å². The third kappa shape index (κ3) is 4.82. The normalized spacial score (nSPS) is 10.6. The Morgan fingerprint density at radius 2 is 2.29 bits per heavy atom. The Morgan fingerprint density at radius 1 is 1.43 bits per heavy atom. The molecule has 0 bridgehead atoms. The van der Waals surface area contributed by atoms with Crippen molar-refractivity contribution >= 4 is 17.5 Å². The quantitative estimate of drug-likeness (QED) is 0.628. The second kappa shape index (κ2) is 7.73. The van der Waals surface area contributed by atoms with Gasteiger partial charge in [0.15, 0.2) is 0 Å². The van der Waals surface area contributed by atoms with Crippen LogP contribution in [0.25, 0.3) is 0 Å². The van der Waals surface area contributed by atoms with E-state index in [0.717, 1.165) is 31.5 Å². The number of rotatable bonds is 7. The third-order valence-corrected chi connectivity index (χ3v) is 3.13. The van der Waals surface area contributed by atoms with Crippen LogP contribution in [-0.4, -0.2) is 32.4 Å². The zero-order valence-corrected chi connectivity index (χ0v) is 12.7. The van der Waals surface area contributed by atoms with Gasteiger partial charge in [-0.25, -0.2) is 4.98 Å². The predicted molar refractivity (Wildman–Crippen MR) is 80.2 cm³/mol. The Hall–Kier alpha value is -1.95. The van der Waals surface area contributed by atoms with Gasteiger partial charge in [-0.2, -0.15) is 0 Å². The van der Waals surface area contributed by atoms with E-state index < -0.39 is 0 Å². The Balaban J connectivity index is 1.85. The third-order valence-electron chi connectivity index (χ3n) is 2.94. The first-order valence-electron chi connectivity index (χ1n) is 6.98. The van der Waals surface area contributed by atoms with Crippen LogP contribution in [-0.2, 0) is 13.0 Å². The van der Waals surface area contributed by atoms with Crippen molar-refractivity contribution in [3.63, 3.8) is 0 Å². The zero-order chi connectivity index (χ0) is 15.1. The van der Waals surface area contributed by atoms with Crippen molar-refractivity contribution in [1.29, 1.82) is 0 Å². The molecule has 0 aliphatic heterocycles. The highest BCUT2D eigenvalue weighted by atomic mass is 35.5. The monoisotopic (exact) mass is 307 g/mol. The van der Waals surface area contributed by atoms with E-state index >= 15 is 0 Å². The summed E-state index contributed by atoms with van der Waals surface area (Å²) in [5.41, 5.74) is 1.40. The molecule has 112 valence electrons. The summed E-state index contributed by atoms with van der Waals surface area (Å²) in [4.78, 5) is 16.3. The summed E-state index contributed by atoms with van der Waals surface area (Å²) < 4.78 is 1.73. The molecular weight excluding hydrogens is 290 g/mol. The molecule has 21 heavy (non-hydrogen) atoms. The molecule has 0 saturated carbocycles. The number of pyridine rings is 1. The molecule has 2 heterocycles. The van der Waals surface area contributed by atoms with Gasteiger partial charge >= 0.3 is 0 Å². The van der Waals surface area contributed by atoms with Crippen LogP contribution in [0.15, 0.2) is 24.5 Å². The molecule has 0 aromatic carbocycles. The molecule has 1 N–H and O–H groups in total. The average molecular weight is 308 g/mol. The number of hydrogen-bond donors (Lipinski definition) is 1. The summed E-state index contributed by atoms with van der Waals surface area (Å²) in [6, 6.07) is 3.38. The van der Waals surface area contributed by atoms with Gasteiger partial charge in [-0.05, 0) is 25.0 Å². The van der Waals surface area contributed by atoms with E-state index in [1.807, 2.05) is 0 Å². The lowest BCUT2D eigenvalue weighted by Gasteiger charge is -2.07. The van der Waals surface area contributed by atoms with Crippen molar-refractivity contribution in [3.8, 4) is 0 Å². The minimum Gasteiger partial charge on any atom is -0.352 e. The first-order valence-corrected chi connectivity index (χ1v) is 7.35. The lowest BCUT2D eigenvalue weighted by molar-refractivity contribution is 0.0952. The van der Waals surface area contributed by atoms with E-state index in [1.165, 1.54) is 0 Å². The van der Waals surface area contributed by atoms with Gasteiger partial charge in [0.1, 0.15) is 5.15 Å². The van der Waals surface area contributed by atoms with Crippen molar-refractivity contribution in [2.45, 2.75) is 32.7 Å². The highest BCUT2D eigenvalue weighted by molar-refractivity contribution is 6.29. The molecule has 2 aromatic heterocycles. The number of carbonyl (C=O) groups is 1. The SMILES string of the molecule is CCCc1cc(C(=O)NCCCn2ccnn2)cc(Cl)n1. The van der Waals surface area contributed by atoms with E-state index in [-0.39, 0.29) is 5.91 Å². The minimum atomic E-state index is -0.129. The van der Waals surface area contributed by atoms with Crippen LogP contribution in [0.3, 0.4) is 0 Å². The number of aryl methyl sites for hydroxylation is 2. The predicted octanol–water partition coefficient (Wildman–Crippen LogP) is 2.10. The summed E-state index contributed by atoms with van der Waals surface area (Å²) in [6.07, 6.45) is 5.99. The van der Waals surface area contributed by atoms with Gasteiger partial charge in [0, 0.05) is 30.5 Å². The van der Waals surface area contributed by atoms with Crippen LogP contribution in [0, 0.1) is 0 Å². The fourth-order valence-electron chi connectivity index (χ4n) is 1.96. The van der Waals surface area contributed by atoms with Crippen LogP contribution in [0.2, 0.25) is 5.15 Å². The molecule has 2 rings (SSSR count). The number of carbonyl (C=O) groups excluding carboxylic acids is 1. The molecule has 0 radical (unpaired) electrons. The Kier molecular flexibility index (Phi) is 5.68. The van der Waals surface area contributed by atoms with Gasteiger partial charge < -0.3 is 5.32 Å². The Morgan fingerprint density at radius 3 is 3.00 bits per heavy atom. The molecule has 0 aliphatic carbocycles. The lowest BCUT2D eigenvalue weighted by Crippen LogP contribution is -2.25. The molecule has 0 saturated heterocycles. The maximum atomic E-state index is 12.1. The molecule has 2 aromatic rings. The zero-order valence-electron chi connectivity index (χ0n) is 11.9. The molecule has 0 atom stereocenters. The second-order valence-electron chi connectivity index (χ2n) is 4.70. The first kappa shape index (κ1) is 15.4. The molecule has 0 fully saturated rings. The largest absolute Gasteiger partial charge is 0.352 e. The maximum Gasteiger partial charge on any atom is 0.251 e. The van der Waals surface area contributed by atoms with Gasteiger partial charge in [-0.3, -0.25) is 9.48 Å². The molecule has 0 spiro atoms. The molecular formula is C14H18ClN5O. The highest BCUT2D eigenvalue weighted by Gasteiger charge is 2.08.